The normalized spacial score (nSPS) is 17.3. The minimum atomic E-state index is -0.661. The van der Waals surface area contributed by atoms with Gasteiger partial charge in [-0.05, 0) is 83.2 Å². The van der Waals surface area contributed by atoms with E-state index in [1.54, 1.807) is 23.1 Å². The lowest BCUT2D eigenvalue weighted by Gasteiger charge is -2.28. The Morgan fingerprint density at radius 3 is 2.56 bits per heavy atom. The summed E-state index contributed by atoms with van der Waals surface area (Å²) in [5.74, 6) is 0.622. The van der Waals surface area contributed by atoms with Crippen LogP contribution in [0.4, 0.5) is 16.2 Å². The number of rotatable bonds is 4. The highest BCUT2D eigenvalue weighted by atomic mass is 16.6. The van der Waals surface area contributed by atoms with Crippen molar-refractivity contribution in [1.82, 2.24) is 15.4 Å². The molecule has 1 saturated carbocycles. The summed E-state index contributed by atoms with van der Waals surface area (Å²) >= 11 is 0. The van der Waals surface area contributed by atoms with Crippen molar-refractivity contribution in [2.45, 2.75) is 59.2 Å². The molecule has 3 heterocycles. The van der Waals surface area contributed by atoms with Gasteiger partial charge in [0.05, 0.1) is 22.6 Å². The molecule has 1 amide bonds. The Bertz CT molecular complexity index is 1250. The molecule has 1 aliphatic heterocycles. The quantitative estimate of drug-likeness (QED) is 0.547. The summed E-state index contributed by atoms with van der Waals surface area (Å²) < 4.78 is 11.1. The first-order valence-corrected chi connectivity index (χ1v) is 11.4. The fourth-order valence-electron chi connectivity index (χ4n) is 4.37. The number of ether oxygens (including phenoxy) is 1. The number of carbonyl (C=O) groups excluding carboxylic acids is 2. The molecule has 9 heteroatoms. The third kappa shape index (κ3) is 3.91. The maximum Gasteiger partial charge on any atom is 0.416 e. The van der Waals surface area contributed by atoms with Crippen molar-refractivity contribution in [3.8, 4) is 11.1 Å². The molecule has 1 aromatic carbocycles. The maximum atomic E-state index is 13.6. The number of anilines is 2. The molecule has 5 rings (SSSR count). The van der Waals surface area contributed by atoms with Crippen LogP contribution in [0.1, 0.15) is 61.1 Å². The molecule has 1 atom stereocenters. The SMILES string of the molecule is Cc1noc(C)c1-c1cc(C(=O)c2cccnn2)c2c(c1)N(C(=O)OC(C)(C)C)C(C1CC1)N2. The minimum absolute atomic E-state index is 0.223. The van der Waals surface area contributed by atoms with E-state index < -0.39 is 11.7 Å². The van der Waals surface area contributed by atoms with Gasteiger partial charge in [0, 0.05) is 11.8 Å². The van der Waals surface area contributed by atoms with E-state index in [0.29, 0.717) is 28.4 Å². The summed E-state index contributed by atoms with van der Waals surface area (Å²) in [5.41, 5.74) is 3.37. The van der Waals surface area contributed by atoms with Gasteiger partial charge in [-0.3, -0.25) is 9.69 Å². The molecule has 0 bridgehead atoms. The Kier molecular flexibility index (Phi) is 5.15. The van der Waals surface area contributed by atoms with Gasteiger partial charge < -0.3 is 14.6 Å². The van der Waals surface area contributed by atoms with Crippen LogP contribution in [-0.2, 0) is 4.74 Å². The maximum absolute atomic E-state index is 13.6. The molecule has 0 radical (unpaired) electrons. The van der Waals surface area contributed by atoms with Crippen LogP contribution >= 0.6 is 0 Å². The Labute approximate surface area is 197 Å². The molecule has 9 nitrogen and oxygen atoms in total. The van der Waals surface area contributed by atoms with Crippen LogP contribution in [0.15, 0.2) is 35.0 Å². The number of nitrogens with one attached hydrogen (secondary N) is 1. The van der Waals surface area contributed by atoms with E-state index in [9.17, 15) is 9.59 Å². The predicted octanol–water partition coefficient (Wildman–Crippen LogP) is 4.88. The highest BCUT2D eigenvalue weighted by Crippen LogP contribution is 2.48. The van der Waals surface area contributed by atoms with E-state index in [4.69, 9.17) is 9.26 Å². The van der Waals surface area contributed by atoms with E-state index in [1.165, 1.54) is 6.20 Å². The molecular formula is C25H27N5O4. The molecule has 0 saturated heterocycles. The molecule has 0 spiro atoms. The Morgan fingerprint density at radius 1 is 1.21 bits per heavy atom. The average molecular weight is 462 g/mol. The second kappa shape index (κ2) is 7.93. The first kappa shape index (κ1) is 22.1. The molecular weight excluding hydrogens is 434 g/mol. The Hall–Kier alpha value is -3.75. The summed E-state index contributed by atoms with van der Waals surface area (Å²) in [7, 11) is 0. The molecule has 176 valence electrons. The fourth-order valence-corrected chi connectivity index (χ4v) is 4.37. The first-order valence-electron chi connectivity index (χ1n) is 11.4. The van der Waals surface area contributed by atoms with Gasteiger partial charge in [-0.25, -0.2) is 4.79 Å². The Morgan fingerprint density at radius 2 is 1.97 bits per heavy atom. The van der Waals surface area contributed by atoms with Crippen molar-refractivity contribution in [2.75, 3.05) is 10.2 Å². The lowest BCUT2D eigenvalue weighted by Crippen LogP contribution is -2.44. The van der Waals surface area contributed by atoms with Crippen LogP contribution in [0.3, 0.4) is 0 Å². The number of aryl methyl sites for hydroxylation is 2. The molecule has 1 fully saturated rings. The molecule has 1 N–H and O–H groups in total. The third-order valence-electron chi connectivity index (χ3n) is 5.98. The van der Waals surface area contributed by atoms with Gasteiger partial charge in [0.25, 0.3) is 0 Å². The van der Waals surface area contributed by atoms with Crippen LogP contribution in [0, 0.1) is 19.8 Å². The number of nitrogens with zero attached hydrogens (tertiary/aromatic N) is 4. The average Bonchev–Trinajstić information content (AvgIpc) is 3.48. The smallest absolute Gasteiger partial charge is 0.416 e. The van der Waals surface area contributed by atoms with Crippen LogP contribution < -0.4 is 10.2 Å². The summed E-state index contributed by atoms with van der Waals surface area (Å²) in [5, 5.41) is 15.4. The summed E-state index contributed by atoms with van der Waals surface area (Å²) in [6.07, 6.45) is 2.76. The van der Waals surface area contributed by atoms with E-state index in [1.807, 2.05) is 40.7 Å². The van der Waals surface area contributed by atoms with Crippen molar-refractivity contribution < 1.29 is 18.8 Å². The number of hydrogen-bond donors (Lipinski definition) is 1. The first-order chi connectivity index (χ1) is 16.1. The van der Waals surface area contributed by atoms with Gasteiger partial charge in [0.2, 0.25) is 5.78 Å². The van der Waals surface area contributed by atoms with Gasteiger partial charge in [-0.1, -0.05) is 5.16 Å². The van der Waals surface area contributed by atoms with E-state index in [2.05, 4.69) is 20.7 Å². The van der Waals surface area contributed by atoms with Crippen molar-refractivity contribution >= 4 is 23.3 Å². The summed E-state index contributed by atoms with van der Waals surface area (Å²) in [4.78, 5) is 28.6. The molecule has 3 aromatic rings. The second-order valence-corrected chi connectivity index (χ2v) is 9.83. The standard InChI is InChI=1S/C25H27N5O4/c1-13-20(14(2)34-29-13)16-11-17(22(31)18-7-6-10-26-28-18)21-19(12-16)30(23(27-21)15-8-9-15)24(32)33-25(3,4)5/h6-7,10-12,15,23,27H,8-9H2,1-5H3. The molecule has 2 aliphatic rings. The third-order valence-corrected chi connectivity index (χ3v) is 5.98. The van der Waals surface area contributed by atoms with Crippen LogP contribution in [0.5, 0.6) is 0 Å². The van der Waals surface area contributed by atoms with Crippen LogP contribution in [-0.4, -0.2) is 39.0 Å². The highest BCUT2D eigenvalue weighted by Gasteiger charge is 2.46. The van der Waals surface area contributed by atoms with E-state index >= 15 is 0 Å². The molecule has 1 aliphatic carbocycles. The number of ketones is 1. The monoisotopic (exact) mass is 461 g/mol. The second-order valence-electron chi connectivity index (χ2n) is 9.83. The number of amides is 1. The van der Waals surface area contributed by atoms with Crippen LogP contribution in [0.2, 0.25) is 0 Å². The van der Waals surface area contributed by atoms with Crippen molar-refractivity contribution in [2.24, 2.45) is 5.92 Å². The zero-order valence-electron chi connectivity index (χ0n) is 19.9. The summed E-state index contributed by atoms with van der Waals surface area (Å²) in [6.45, 7) is 9.18. The minimum Gasteiger partial charge on any atom is -0.443 e. The lowest BCUT2D eigenvalue weighted by molar-refractivity contribution is 0.0569. The predicted molar refractivity (Wildman–Crippen MR) is 126 cm³/mol. The fraction of sp³-hybridized carbons (Fsp3) is 0.400. The van der Waals surface area contributed by atoms with Crippen molar-refractivity contribution in [3.63, 3.8) is 0 Å². The Balaban J connectivity index is 1.70. The molecule has 2 aromatic heterocycles. The van der Waals surface area contributed by atoms with E-state index in [-0.39, 0.29) is 23.6 Å². The van der Waals surface area contributed by atoms with Crippen molar-refractivity contribution in [1.29, 1.82) is 0 Å². The largest absolute Gasteiger partial charge is 0.443 e. The number of benzene rings is 1. The number of hydrogen-bond acceptors (Lipinski definition) is 8. The molecule has 1 unspecified atom stereocenters. The summed E-state index contributed by atoms with van der Waals surface area (Å²) in [6, 6.07) is 7.00. The number of fused-ring (bicyclic) bond motifs is 1. The molecule has 34 heavy (non-hydrogen) atoms. The lowest BCUT2D eigenvalue weighted by atomic mass is 9.96. The van der Waals surface area contributed by atoms with Gasteiger partial charge in [0.1, 0.15) is 23.2 Å². The van der Waals surface area contributed by atoms with Gasteiger partial charge in [-0.2, -0.15) is 5.10 Å². The number of aromatic nitrogens is 3. The zero-order valence-corrected chi connectivity index (χ0v) is 19.9. The van der Waals surface area contributed by atoms with Crippen molar-refractivity contribution in [3.05, 3.63) is 53.2 Å². The van der Waals surface area contributed by atoms with E-state index in [0.717, 1.165) is 24.0 Å². The zero-order chi connectivity index (χ0) is 24.2. The topological polar surface area (TPSA) is 110 Å². The highest BCUT2D eigenvalue weighted by molar-refractivity contribution is 6.15. The van der Waals surface area contributed by atoms with Gasteiger partial charge in [0.15, 0.2) is 0 Å². The van der Waals surface area contributed by atoms with Crippen LogP contribution in [0.25, 0.3) is 11.1 Å². The number of carbonyl (C=O) groups is 2. The van der Waals surface area contributed by atoms with Gasteiger partial charge in [-0.15, -0.1) is 5.10 Å². The van der Waals surface area contributed by atoms with Gasteiger partial charge >= 0.3 is 6.09 Å².